The van der Waals surface area contributed by atoms with E-state index in [9.17, 15) is 4.39 Å². The van der Waals surface area contributed by atoms with Crippen LogP contribution < -0.4 is 5.32 Å². The Labute approximate surface area is 98.7 Å². The number of hydrogen-bond acceptors (Lipinski definition) is 4. The summed E-state index contributed by atoms with van der Waals surface area (Å²) in [6.07, 6.45) is 3.91. The number of nitrogens with zero attached hydrogens (tertiary/aromatic N) is 4. The first-order valence-electron chi connectivity index (χ1n) is 5.38. The van der Waals surface area contributed by atoms with Crippen LogP contribution in [-0.2, 0) is 13.5 Å². The van der Waals surface area contributed by atoms with E-state index >= 15 is 0 Å². The van der Waals surface area contributed by atoms with Gasteiger partial charge in [0.15, 0.2) is 11.6 Å². The third kappa shape index (κ3) is 2.25. The van der Waals surface area contributed by atoms with Crippen molar-refractivity contribution in [2.24, 2.45) is 7.05 Å². The molecule has 0 aliphatic rings. The SMILES string of the molecule is CCc1nn(C)cc1Nc1ncnc(C)c1F. The van der Waals surface area contributed by atoms with E-state index in [1.807, 2.05) is 14.0 Å². The molecule has 0 amide bonds. The number of aromatic nitrogens is 4. The average Bonchev–Trinajstić information content (AvgIpc) is 2.65. The molecule has 1 N–H and O–H groups in total. The summed E-state index contributed by atoms with van der Waals surface area (Å²) in [4.78, 5) is 7.67. The number of rotatable bonds is 3. The van der Waals surface area contributed by atoms with Crippen molar-refractivity contribution in [3.8, 4) is 0 Å². The maximum absolute atomic E-state index is 13.7. The third-order valence-corrected chi connectivity index (χ3v) is 2.46. The van der Waals surface area contributed by atoms with Crippen LogP contribution in [0.5, 0.6) is 0 Å². The van der Waals surface area contributed by atoms with Crippen molar-refractivity contribution >= 4 is 11.5 Å². The van der Waals surface area contributed by atoms with Gasteiger partial charge in [0.2, 0.25) is 0 Å². The lowest BCUT2D eigenvalue weighted by molar-refractivity contribution is 0.607. The highest BCUT2D eigenvalue weighted by atomic mass is 19.1. The molecule has 0 aliphatic heterocycles. The zero-order valence-corrected chi connectivity index (χ0v) is 10.0. The molecule has 5 nitrogen and oxygen atoms in total. The second-order valence-electron chi connectivity index (χ2n) is 3.76. The maximum Gasteiger partial charge on any atom is 0.186 e. The Morgan fingerprint density at radius 2 is 2.18 bits per heavy atom. The molecule has 0 spiro atoms. The lowest BCUT2D eigenvalue weighted by atomic mass is 10.3. The van der Waals surface area contributed by atoms with Crippen molar-refractivity contribution in [3.63, 3.8) is 0 Å². The largest absolute Gasteiger partial charge is 0.335 e. The quantitative estimate of drug-likeness (QED) is 0.883. The molecule has 0 bridgehead atoms. The van der Waals surface area contributed by atoms with Crippen molar-refractivity contribution in [2.75, 3.05) is 5.32 Å². The fourth-order valence-electron chi connectivity index (χ4n) is 1.57. The fourth-order valence-corrected chi connectivity index (χ4v) is 1.57. The molecule has 90 valence electrons. The van der Waals surface area contributed by atoms with Crippen molar-refractivity contribution in [2.45, 2.75) is 20.3 Å². The first-order chi connectivity index (χ1) is 8.11. The van der Waals surface area contributed by atoms with Crippen LogP contribution in [0.3, 0.4) is 0 Å². The Kier molecular flexibility index (Phi) is 3.03. The lowest BCUT2D eigenvalue weighted by Crippen LogP contribution is -2.01. The van der Waals surface area contributed by atoms with Crippen molar-refractivity contribution < 1.29 is 4.39 Å². The summed E-state index contributed by atoms with van der Waals surface area (Å²) in [5.74, 6) is -0.251. The number of nitrogens with one attached hydrogen (secondary N) is 1. The van der Waals surface area contributed by atoms with Crippen molar-refractivity contribution in [1.82, 2.24) is 19.7 Å². The number of anilines is 2. The summed E-state index contributed by atoms with van der Waals surface area (Å²) >= 11 is 0. The van der Waals surface area contributed by atoms with Crippen LogP contribution in [0.1, 0.15) is 18.3 Å². The van der Waals surface area contributed by atoms with Crippen LogP contribution >= 0.6 is 0 Å². The number of aryl methyl sites for hydroxylation is 3. The monoisotopic (exact) mass is 235 g/mol. The molecule has 0 fully saturated rings. The van der Waals surface area contributed by atoms with Crippen LogP contribution in [0.15, 0.2) is 12.5 Å². The first kappa shape index (κ1) is 11.5. The standard InChI is InChI=1S/C11H14FN5/c1-4-8-9(5-17(3)16-8)15-11-10(12)7(2)13-6-14-11/h5-6H,4H2,1-3H3,(H,13,14,15). The Morgan fingerprint density at radius 1 is 1.41 bits per heavy atom. The summed E-state index contributed by atoms with van der Waals surface area (Å²) in [5.41, 5.74) is 1.97. The molecule has 0 saturated heterocycles. The van der Waals surface area contributed by atoms with Gasteiger partial charge in [0, 0.05) is 13.2 Å². The molecule has 0 unspecified atom stereocenters. The van der Waals surface area contributed by atoms with Gasteiger partial charge in [-0.05, 0) is 13.3 Å². The van der Waals surface area contributed by atoms with Crippen LogP contribution in [-0.4, -0.2) is 19.7 Å². The molecule has 0 radical (unpaired) electrons. The molecule has 2 heterocycles. The third-order valence-electron chi connectivity index (χ3n) is 2.46. The van der Waals surface area contributed by atoms with E-state index in [0.29, 0.717) is 5.69 Å². The summed E-state index contributed by atoms with van der Waals surface area (Å²) in [6, 6.07) is 0. The lowest BCUT2D eigenvalue weighted by Gasteiger charge is -2.06. The van der Waals surface area contributed by atoms with E-state index in [2.05, 4.69) is 20.4 Å². The molecular formula is C11H14FN5. The van der Waals surface area contributed by atoms with Crippen LogP contribution in [0, 0.1) is 12.7 Å². The molecule has 2 aromatic heterocycles. The van der Waals surface area contributed by atoms with Crippen molar-refractivity contribution in [1.29, 1.82) is 0 Å². The average molecular weight is 235 g/mol. The predicted octanol–water partition coefficient (Wildman–Crippen LogP) is 1.96. The van der Waals surface area contributed by atoms with Gasteiger partial charge in [-0.15, -0.1) is 0 Å². The van der Waals surface area contributed by atoms with E-state index < -0.39 is 5.82 Å². The van der Waals surface area contributed by atoms with E-state index in [4.69, 9.17) is 0 Å². The van der Waals surface area contributed by atoms with Gasteiger partial charge in [0.25, 0.3) is 0 Å². The maximum atomic E-state index is 13.7. The van der Waals surface area contributed by atoms with Crippen molar-refractivity contribution in [3.05, 3.63) is 29.7 Å². The highest BCUT2D eigenvalue weighted by Crippen LogP contribution is 2.21. The first-order valence-corrected chi connectivity index (χ1v) is 5.38. The van der Waals surface area contributed by atoms with Gasteiger partial charge in [0.05, 0.1) is 17.1 Å². The minimum absolute atomic E-state index is 0.181. The molecule has 6 heteroatoms. The molecule has 2 rings (SSSR count). The van der Waals surface area contributed by atoms with Crippen LogP contribution in [0.25, 0.3) is 0 Å². The molecule has 0 aliphatic carbocycles. The second-order valence-corrected chi connectivity index (χ2v) is 3.76. The van der Waals surface area contributed by atoms with E-state index in [1.54, 1.807) is 17.8 Å². The van der Waals surface area contributed by atoms with E-state index in [1.165, 1.54) is 6.33 Å². The fraction of sp³-hybridized carbons (Fsp3) is 0.364. The zero-order valence-electron chi connectivity index (χ0n) is 10.0. The van der Waals surface area contributed by atoms with Gasteiger partial charge < -0.3 is 5.32 Å². The molecule has 0 saturated carbocycles. The minimum Gasteiger partial charge on any atom is -0.335 e. The summed E-state index contributed by atoms with van der Waals surface area (Å²) in [6.45, 7) is 3.60. The summed E-state index contributed by atoms with van der Waals surface area (Å²) in [7, 11) is 1.83. The smallest absolute Gasteiger partial charge is 0.186 e. The van der Waals surface area contributed by atoms with Gasteiger partial charge in [-0.1, -0.05) is 6.92 Å². The highest BCUT2D eigenvalue weighted by molar-refractivity contribution is 5.58. The summed E-state index contributed by atoms with van der Waals surface area (Å²) < 4.78 is 15.4. The topological polar surface area (TPSA) is 55.6 Å². The molecule has 0 aromatic carbocycles. The molecule has 0 atom stereocenters. The van der Waals surface area contributed by atoms with Gasteiger partial charge in [0.1, 0.15) is 6.33 Å². The van der Waals surface area contributed by atoms with E-state index in [0.717, 1.165) is 17.8 Å². The molecule has 2 aromatic rings. The van der Waals surface area contributed by atoms with Gasteiger partial charge in [-0.3, -0.25) is 4.68 Å². The Morgan fingerprint density at radius 3 is 2.88 bits per heavy atom. The normalized spacial score (nSPS) is 10.6. The second kappa shape index (κ2) is 4.48. The van der Waals surface area contributed by atoms with Crippen LogP contribution in [0.4, 0.5) is 15.9 Å². The van der Waals surface area contributed by atoms with Gasteiger partial charge >= 0.3 is 0 Å². The minimum atomic E-state index is -0.432. The summed E-state index contributed by atoms with van der Waals surface area (Å²) in [5, 5.41) is 7.21. The number of hydrogen-bond donors (Lipinski definition) is 1. The van der Waals surface area contributed by atoms with E-state index in [-0.39, 0.29) is 5.82 Å². The zero-order chi connectivity index (χ0) is 12.4. The number of halogens is 1. The molecular weight excluding hydrogens is 221 g/mol. The Hall–Kier alpha value is -1.98. The van der Waals surface area contributed by atoms with Gasteiger partial charge in [-0.2, -0.15) is 5.10 Å². The Bertz CT molecular complexity index is 535. The molecule has 17 heavy (non-hydrogen) atoms. The van der Waals surface area contributed by atoms with Gasteiger partial charge in [-0.25, -0.2) is 14.4 Å². The Balaban J connectivity index is 2.34. The highest BCUT2D eigenvalue weighted by Gasteiger charge is 2.11. The van der Waals surface area contributed by atoms with Crippen LogP contribution in [0.2, 0.25) is 0 Å². The predicted molar refractivity (Wildman–Crippen MR) is 62.6 cm³/mol.